The quantitative estimate of drug-likeness (QED) is 0.624. The van der Waals surface area contributed by atoms with Crippen molar-refractivity contribution >= 4 is 27.4 Å². The van der Waals surface area contributed by atoms with Crippen molar-refractivity contribution in [3.05, 3.63) is 94.5 Å². The van der Waals surface area contributed by atoms with Crippen LogP contribution in [0.1, 0.15) is 27.8 Å². The van der Waals surface area contributed by atoms with Gasteiger partial charge in [-0.3, -0.25) is 4.31 Å². The molecule has 0 unspecified atom stereocenters. The van der Waals surface area contributed by atoms with Gasteiger partial charge in [-0.15, -0.1) is 0 Å². The van der Waals surface area contributed by atoms with Crippen LogP contribution in [-0.4, -0.2) is 21.7 Å². The van der Waals surface area contributed by atoms with Crippen LogP contribution in [0.5, 0.6) is 5.75 Å². The second-order valence-electron chi connectivity index (χ2n) is 7.33. The first-order valence-corrected chi connectivity index (χ1v) is 11.3. The molecule has 0 fully saturated rings. The largest absolute Gasteiger partial charge is 0.488 e. The standard InChI is InChI=1S/C24H23NO3S/c1-17-11-12-22-23(21-10-5-4-8-19(21)16-28-24(22)13-17)15-18-7-6-9-20(14-18)25(2)29(3,26)27/h4-15H,16H2,1-3H3. The first kappa shape index (κ1) is 19.3. The lowest BCUT2D eigenvalue weighted by atomic mass is 9.92. The van der Waals surface area contributed by atoms with E-state index in [1.807, 2.05) is 30.3 Å². The van der Waals surface area contributed by atoms with Gasteiger partial charge in [0, 0.05) is 12.6 Å². The molecule has 0 amide bonds. The van der Waals surface area contributed by atoms with E-state index in [9.17, 15) is 8.42 Å². The molecule has 0 radical (unpaired) electrons. The predicted molar refractivity (Wildman–Crippen MR) is 119 cm³/mol. The van der Waals surface area contributed by atoms with Crippen LogP contribution in [-0.2, 0) is 16.6 Å². The molecule has 5 heteroatoms. The molecule has 148 valence electrons. The molecule has 0 atom stereocenters. The first-order chi connectivity index (χ1) is 13.8. The fourth-order valence-corrected chi connectivity index (χ4v) is 4.00. The molecule has 1 heterocycles. The van der Waals surface area contributed by atoms with Gasteiger partial charge in [-0.25, -0.2) is 8.42 Å². The van der Waals surface area contributed by atoms with Gasteiger partial charge >= 0.3 is 0 Å². The Labute approximate surface area is 172 Å². The maximum absolute atomic E-state index is 11.9. The highest BCUT2D eigenvalue weighted by molar-refractivity contribution is 7.92. The van der Waals surface area contributed by atoms with Crippen molar-refractivity contribution in [3.8, 4) is 5.75 Å². The van der Waals surface area contributed by atoms with E-state index < -0.39 is 10.0 Å². The molecule has 1 aliphatic rings. The van der Waals surface area contributed by atoms with E-state index in [2.05, 4.69) is 43.3 Å². The topological polar surface area (TPSA) is 46.6 Å². The Kier molecular flexibility index (Phi) is 4.92. The number of aryl methyl sites for hydroxylation is 1. The van der Waals surface area contributed by atoms with Crippen LogP contribution >= 0.6 is 0 Å². The second kappa shape index (κ2) is 7.41. The smallest absolute Gasteiger partial charge is 0.231 e. The third-order valence-electron chi connectivity index (χ3n) is 5.16. The molecule has 0 aliphatic carbocycles. The zero-order valence-electron chi connectivity index (χ0n) is 16.7. The summed E-state index contributed by atoms with van der Waals surface area (Å²) in [5, 5.41) is 0. The van der Waals surface area contributed by atoms with Gasteiger partial charge in [0.2, 0.25) is 10.0 Å². The molecule has 0 saturated carbocycles. The minimum absolute atomic E-state index is 0.515. The van der Waals surface area contributed by atoms with Crippen LogP contribution in [0.3, 0.4) is 0 Å². The van der Waals surface area contributed by atoms with Gasteiger partial charge in [-0.05, 0) is 59.0 Å². The van der Waals surface area contributed by atoms with Gasteiger partial charge in [0.15, 0.2) is 0 Å². The molecule has 0 saturated heterocycles. The lowest BCUT2D eigenvalue weighted by Crippen LogP contribution is -2.24. The van der Waals surface area contributed by atoms with Gasteiger partial charge in [0.1, 0.15) is 12.4 Å². The van der Waals surface area contributed by atoms with E-state index in [4.69, 9.17) is 4.74 Å². The lowest BCUT2D eigenvalue weighted by molar-refractivity contribution is 0.307. The van der Waals surface area contributed by atoms with Gasteiger partial charge < -0.3 is 4.74 Å². The minimum atomic E-state index is -3.32. The molecule has 0 N–H and O–H groups in total. The average Bonchev–Trinajstić information content (AvgIpc) is 2.84. The summed E-state index contributed by atoms with van der Waals surface area (Å²) in [6, 6.07) is 22.0. The Morgan fingerprint density at radius 1 is 0.966 bits per heavy atom. The Morgan fingerprint density at radius 3 is 2.55 bits per heavy atom. The predicted octanol–water partition coefficient (Wildman–Crippen LogP) is 4.87. The minimum Gasteiger partial charge on any atom is -0.488 e. The summed E-state index contributed by atoms with van der Waals surface area (Å²) in [5.41, 5.74) is 7.04. The maximum Gasteiger partial charge on any atom is 0.231 e. The fourth-order valence-electron chi connectivity index (χ4n) is 3.51. The maximum atomic E-state index is 11.9. The van der Waals surface area contributed by atoms with Crippen LogP contribution < -0.4 is 9.04 Å². The normalized spacial score (nSPS) is 14.5. The van der Waals surface area contributed by atoms with Gasteiger partial charge in [0.05, 0.1) is 11.9 Å². The van der Waals surface area contributed by atoms with Crippen molar-refractivity contribution in [2.24, 2.45) is 0 Å². The number of hydrogen-bond acceptors (Lipinski definition) is 3. The number of fused-ring (bicyclic) bond motifs is 2. The first-order valence-electron chi connectivity index (χ1n) is 9.41. The van der Waals surface area contributed by atoms with E-state index in [0.29, 0.717) is 12.3 Å². The number of nitrogens with zero attached hydrogens (tertiary/aromatic N) is 1. The fraction of sp³-hybridized carbons (Fsp3) is 0.167. The number of sulfonamides is 1. The Bertz CT molecular complexity index is 1210. The molecule has 3 aromatic rings. The molecular formula is C24H23NO3S. The average molecular weight is 406 g/mol. The SMILES string of the molecule is Cc1ccc2c(c1)OCc1ccccc1C2=Cc1cccc(N(C)S(C)(=O)=O)c1. The summed E-state index contributed by atoms with van der Waals surface area (Å²) >= 11 is 0. The Balaban J connectivity index is 1.89. The molecule has 29 heavy (non-hydrogen) atoms. The number of anilines is 1. The van der Waals surface area contributed by atoms with Crippen molar-refractivity contribution < 1.29 is 13.2 Å². The molecule has 1 aliphatic heterocycles. The highest BCUT2D eigenvalue weighted by Gasteiger charge is 2.19. The third-order valence-corrected chi connectivity index (χ3v) is 6.37. The van der Waals surface area contributed by atoms with Gasteiger partial charge in [0.25, 0.3) is 0 Å². The number of benzene rings is 3. The summed E-state index contributed by atoms with van der Waals surface area (Å²) in [6.45, 7) is 2.57. The van der Waals surface area contributed by atoms with Crippen molar-refractivity contribution in [1.29, 1.82) is 0 Å². The molecule has 4 nitrogen and oxygen atoms in total. The van der Waals surface area contributed by atoms with Crippen molar-refractivity contribution in [3.63, 3.8) is 0 Å². The summed E-state index contributed by atoms with van der Waals surface area (Å²) in [7, 11) is -1.76. The van der Waals surface area contributed by atoms with E-state index in [1.165, 1.54) is 10.6 Å². The van der Waals surface area contributed by atoms with E-state index in [1.54, 1.807) is 13.1 Å². The molecule has 0 aromatic heterocycles. The van der Waals surface area contributed by atoms with Crippen LogP contribution in [0.15, 0.2) is 66.7 Å². The molecule has 4 rings (SSSR count). The van der Waals surface area contributed by atoms with E-state index in [0.717, 1.165) is 39.1 Å². The summed E-state index contributed by atoms with van der Waals surface area (Å²) < 4.78 is 31.3. The third kappa shape index (κ3) is 3.91. The zero-order valence-corrected chi connectivity index (χ0v) is 17.5. The van der Waals surface area contributed by atoms with Crippen molar-refractivity contribution in [1.82, 2.24) is 0 Å². The number of ether oxygens (including phenoxy) is 1. The zero-order chi connectivity index (χ0) is 20.6. The highest BCUT2D eigenvalue weighted by atomic mass is 32.2. The lowest BCUT2D eigenvalue weighted by Gasteiger charge is -2.17. The van der Waals surface area contributed by atoms with Gasteiger partial charge in [-0.2, -0.15) is 0 Å². The second-order valence-corrected chi connectivity index (χ2v) is 9.34. The summed E-state index contributed by atoms with van der Waals surface area (Å²) in [6.07, 6.45) is 3.30. The number of hydrogen-bond donors (Lipinski definition) is 0. The van der Waals surface area contributed by atoms with Crippen LogP contribution in [0.4, 0.5) is 5.69 Å². The van der Waals surface area contributed by atoms with Crippen LogP contribution in [0.25, 0.3) is 11.6 Å². The number of rotatable bonds is 3. The van der Waals surface area contributed by atoms with Crippen LogP contribution in [0.2, 0.25) is 0 Å². The van der Waals surface area contributed by atoms with Crippen molar-refractivity contribution in [2.45, 2.75) is 13.5 Å². The van der Waals surface area contributed by atoms with E-state index >= 15 is 0 Å². The highest BCUT2D eigenvalue weighted by Crippen LogP contribution is 2.38. The van der Waals surface area contributed by atoms with Gasteiger partial charge in [-0.1, -0.05) is 48.5 Å². The summed E-state index contributed by atoms with van der Waals surface area (Å²) in [5.74, 6) is 0.858. The molecule has 0 bridgehead atoms. The Hall–Kier alpha value is -3.05. The van der Waals surface area contributed by atoms with Crippen molar-refractivity contribution in [2.75, 3.05) is 17.6 Å². The monoisotopic (exact) mass is 405 g/mol. The summed E-state index contributed by atoms with van der Waals surface area (Å²) in [4.78, 5) is 0. The van der Waals surface area contributed by atoms with Crippen LogP contribution in [0, 0.1) is 6.92 Å². The molecular weight excluding hydrogens is 382 g/mol. The van der Waals surface area contributed by atoms with E-state index in [-0.39, 0.29) is 0 Å². The Morgan fingerprint density at radius 2 is 1.76 bits per heavy atom. The molecule has 3 aromatic carbocycles. The molecule has 0 spiro atoms.